The number of aliphatic hydroxyl groups excluding tert-OH is 1. The molecule has 0 aromatic rings. The van der Waals surface area contributed by atoms with Crippen molar-refractivity contribution in [2.75, 3.05) is 0 Å². The zero-order valence-corrected chi connectivity index (χ0v) is 13.7. The Morgan fingerprint density at radius 3 is 2.43 bits per heavy atom. The Hall–Kier alpha value is -0.600. The van der Waals surface area contributed by atoms with Crippen molar-refractivity contribution >= 4 is 0 Å². The molecule has 3 unspecified atom stereocenters. The molecule has 0 amide bonds. The third-order valence-corrected chi connectivity index (χ3v) is 5.28. The number of allylic oxidation sites excluding steroid dienone is 4. The van der Waals surface area contributed by atoms with Crippen LogP contribution in [0.5, 0.6) is 0 Å². The van der Waals surface area contributed by atoms with Crippen molar-refractivity contribution < 1.29 is 10.2 Å². The van der Waals surface area contributed by atoms with Crippen LogP contribution in [0.1, 0.15) is 65.2 Å². The fourth-order valence-electron chi connectivity index (χ4n) is 3.96. The fourth-order valence-corrected chi connectivity index (χ4v) is 3.96. The molecular formula is C19H32O2. The quantitative estimate of drug-likeness (QED) is 0.711. The van der Waals surface area contributed by atoms with Crippen LogP contribution >= 0.6 is 0 Å². The summed E-state index contributed by atoms with van der Waals surface area (Å²) in [6.45, 7) is 4.14. The van der Waals surface area contributed by atoms with Gasteiger partial charge in [-0.25, -0.2) is 0 Å². The van der Waals surface area contributed by atoms with Crippen LogP contribution in [-0.2, 0) is 0 Å². The number of rotatable bonds is 6. The molecule has 2 aliphatic rings. The lowest BCUT2D eigenvalue weighted by molar-refractivity contribution is -0.0839. The van der Waals surface area contributed by atoms with Crippen LogP contribution in [0.15, 0.2) is 23.8 Å². The Bertz CT molecular complexity index is 364. The van der Waals surface area contributed by atoms with Crippen molar-refractivity contribution in [2.45, 2.75) is 71.5 Å². The highest BCUT2D eigenvalue weighted by atomic mass is 16.5. The Morgan fingerprint density at radius 2 is 1.86 bits per heavy atom. The maximum Gasteiger partial charge on any atom is 0.154 e. The zero-order valence-electron chi connectivity index (χ0n) is 13.7. The monoisotopic (exact) mass is 292 g/mol. The molecule has 2 aliphatic carbocycles. The highest BCUT2D eigenvalue weighted by Gasteiger charge is 2.21. The Balaban J connectivity index is 1.75. The van der Waals surface area contributed by atoms with Gasteiger partial charge in [0.1, 0.15) is 0 Å². The first-order chi connectivity index (χ1) is 10.1. The van der Waals surface area contributed by atoms with E-state index in [0.717, 1.165) is 18.8 Å². The topological polar surface area (TPSA) is 40.5 Å². The molecule has 2 heteroatoms. The molecule has 120 valence electrons. The number of hydrogen-bond acceptors (Lipinski definition) is 2. The van der Waals surface area contributed by atoms with E-state index in [1.54, 1.807) is 5.57 Å². The summed E-state index contributed by atoms with van der Waals surface area (Å²) in [7, 11) is 0. The normalized spacial score (nSPS) is 26.7. The molecule has 2 nitrogen and oxygen atoms in total. The van der Waals surface area contributed by atoms with E-state index in [0.29, 0.717) is 11.8 Å². The second-order valence-corrected chi connectivity index (χ2v) is 7.36. The van der Waals surface area contributed by atoms with Gasteiger partial charge < -0.3 is 10.2 Å². The summed E-state index contributed by atoms with van der Waals surface area (Å²) in [6.07, 6.45) is 16.3. The number of aliphatic hydroxyl groups is 2. The summed E-state index contributed by atoms with van der Waals surface area (Å²) in [6, 6.07) is 0. The van der Waals surface area contributed by atoms with Crippen molar-refractivity contribution in [2.24, 2.45) is 23.7 Å². The second kappa shape index (κ2) is 8.14. The first-order valence-electron chi connectivity index (χ1n) is 8.80. The van der Waals surface area contributed by atoms with Gasteiger partial charge in [0, 0.05) is 5.92 Å². The third kappa shape index (κ3) is 5.27. The molecule has 2 rings (SSSR count). The fraction of sp³-hybridized carbons (Fsp3) is 0.789. The van der Waals surface area contributed by atoms with Crippen molar-refractivity contribution in [3.05, 3.63) is 23.8 Å². The van der Waals surface area contributed by atoms with E-state index >= 15 is 0 Å². The molecule has 0 heterocycles. The van der Waals surface area contributed by atoms with Crippen molar-refractivity contribution in [1.82, 2.24) is 0 Å². The third-order valence-electron chi connectivity index (χ3n) is 5.28. The van der Waals surface area contributed by atoms with E-state index < -0.39 is 6.29 Å². The summed E-state index contributed by atoms with van der Waals surface area (Å²) >= 11 is 0. The SMILES string of the molecule is CC(CC1C=CC(C2CCCCC2)=CC1)CC(C)C(O)O. The molecule has 0 aromatic heterocycles. The highest BCUT2D eigenvalue weighted by Crippen LogP contribution is 2.34. The predicted molar refractivity (Wildman–Crippen MR) is 87.7 cm³/mol. The second-order valence-electron chi connectivity index (χ2n) is 7.36. The summed E-state index contributed by atoms with van der Waals surface area (Å²) < 4.78 is 0. The Morgan fingerprint density at radius 1 is 1.14 bits per heavy atom. The van der Waals surface area contributed by atoms with Crippen LogP contribution in [0.4, 0.5) is 0 Å². The van der Waals surface area contributed by atoms with E-state index in [1.807, 2.05) is 6.92 Å². The van der Waals surface area contributed by atoms with E-state index in [-0.39, 0.29) is 5.92 Å². The first kappa shape index (κ1) is 16.8. The molecule has 1 fully saturated rings. The average molecular weight is 292 g/mol. The molecule has 0 radical (unpaired) electrons. The molecule has 0 spiro atoms. The summed E-state index contributed by atoms with van der Waals surface area (Å²) in [5.74, 6) is 1.97. The molecular weight excluding hydrogens is 260 g/mol. The molecule has 1 saturated carbocycles. The van der Waals surface area contributed by atoms with E-state index in [9.17, 15) is 10.2 Å². The van der Waals surface area contributed by atoms with Gasteiger partial charge in [-0.15, -0.1) is 0 Å². The Kier molecular flexibility index (Phi) is 6.50. The lowest BCUT2D eigenvalue weighted by Gasteiger charge is -2.27. The van der Waals surface area contributed by atoms with Crippen LogP contribution in [-0.4, -0.2) is 16.5 Å². The van der Waals surface area contributed by atoms with Crippen LogP contribution in [0.3, 0.4) is 0 Å². The molecule has 0 aliphatic heterocycles. The summed E-state index contributed by atoms with van der Waals surface area (Å²) in [5, 5.41) is 18.4. The van der Waals surface area contributed by atoms with Gasteiger partial charge in [0.05, 0.1) is 0 Å². The smallest absolute Gasteiger partial charge is 0.154 e. The van der Waals surface area contributed by atoms with Crippen LogP contribution in [0.25, 0.3) is 0 Å². The van der Waals surface area contributed by atoms with Gasteiger partial charge in [-0.3, -0.25) is 0 Å². The van der Waals surface area contributed by atoms with E-state index in [1.165, 1.54) is 38.5 Å². The number of hydrogen-bond donors (Lipinski definition) is 2. The molecule has 2 N–H and O–H groups in total. The lowest BCUT2D eigenvalue weighted by Crippen LogP contribution is -2.20. The minimum Gasteiger partial charge on any atom is -0.368 e. The summed E-state index contributed by atoms with van der Waals surface area (Å²) in [5.41, 5.74) is 1.58. The minimum absolute atomic E-state index is 0.0269. The zero-order chi connectivity index (χ0) is 15.2. The van der Waals surface area contributed by atoms with Gasteiger partial charge in [0.25, 0.3) is 0 Å². The Labute approximate surface area is 130 Å². The van der Waals surface area contributed by atoms with Gasteiger partial charge in [-0.1, -0.05) is 51.3 Å². The van der Waals surface area contributed by atoms with E-state index in [2.05, 4.69) is 25.2 Å². The summed E-state index contributed by atoms with van der Waals surface area (Å²) in [4.78, 5) is 0. The van der Waals surface area contributed by atoms with Gasteiger partial charge in [-0.2, -0.15) is 0 Å². The maximum atomic E-state index is 9.19. The van der Waals surface area contributed by atoms with E-state index in [4.69, 9.17) is 0 Å². The van der Waals surface area contributed by atoms with Crippen LogP contribution in [0, 0.1) is 23.7 Å². The van der Waals surface area contributed by atoms with Crippen LogP contribution in [0.2, 0.25) is 0 Å². The molecule has 21 heavy (non-hydrogen) atoms. The average Bonchev–Trinajstić information content (AvgIpc) is 2.48. The predicted octanol–water partition coefficient (Wildman–Crippen LogP) is 4.43. The standard InChI is InChI=1S/C19H32O2/c1-14(12-15(2)19(20)21)13-16-8-10-18(11-9-16)17-6-4-3-5-7-17/h8,10-11,14-17,19-21H,3-7,9,12-13H2,1-2H3. The highest BCUT2D eigenvalue weighted by molar-refractivity contribution is 5.26. The molecule has 0 saturated heterocycles. The maximum absolute atomic E-state index is 9.19. The largest absolute Gasteiger partial charge is 0.368 e. The van der Waals surface area contributed by atoms with Crippen LogP contribution < -0.4 is 0 Å². The van der Waals surface area contributed by atoms with Gasteiger partial charge in [0.15, 0.2) is 6.29 Å². The van der Waals surface area contributed by atoms with Crippen molar-refractivity contribution in [3.63, 3.8) is 0 Å². The first-order valence-corrected chi connectivity index (χ1v) is 8.80. The van der Waals surface area contributed by atoms with Crippen molar-refractivity contribution in [1.29, 1.82) is 0 Å². The minimum atomic E-state index is -1.17. The lowest BCUT2D eigenvalue weighted by atomic mass is 9.79. The van der Waals surface area contributed by atoms with Gasteiger partial charge >= 0.3 is 0 Å². The van der Waals surface area contributed by atoms with Crippen molar-refractivity contribution in [3.8, 4) is 0 Å². The van der Waals surface area contributed by atoms with Gasteiger partial charge in [0.2, 0.25) is 0 Å². The molecule has 0 bridgehead atoms. The van der Waals surface area contributed by atoms with Gasteiger partial charge in [-0.05, 0) is 55.4 Å². The molecule has 0 aromatic carbocycles. The molecule has 3 atom stereocenters.